The van der Waals surface area contributed by atoms with Gasteiger partial charge in [-0.05, 0) is 19.1 Å². The molecular weight excluding hydrogens is 306 g/mol. The van der Waals surface area contributed by atoms with Crippen LogP contribution in [-0.2, 0) is 11.3 Å². The van der Waals surface area contributed by atoms with Gasteiger partial charge in [-0.1, -0.05) is 23.4 Å². The Hall–Kier alpha value is -2.41. The number of rotatable bonds is 6. The van der Waals surface area contributed by atoms with E-state index < -0.39 is 5.97 Å². The molecule has 7 heteroatoms. The lowest BCUT2D eigenvalue weighted by Crippen LogP contribution is -2.47. The van der Waals surface area contributed by atoms with E-state index in [1.54, 1.807) is 17.8 Å². The molecule has 0 saturated carbocycles. The minimum absolute atomic E-state index is 0.269. The molecule has 1 aromatic carbocycles. The van der Waals surface area contributed by atoms with Crippen molar-refractivity contribution in [2.45, 2.75) is 13.5 Å². The first-order chi connectivity index (χ1) is 11.8. The summed E-state index contributed by atoms with van der Waals surface area (Å²) in [5, 5.41) is 7.86. The maximum absolute atomic E-state index is 11.6. The van der Waals surface area contributed by atoms with Crippen molar-refractivity contribution in [1.29, 1.82) is 0 Å². The van der Waals surface area contributed by atoms with Crippen LogP contribution < -0.4 is 4.90 Å². The highest BCUT2D eigenvalue weighted by Crippen LogP contribution is 2.15. The molecule has 1 aromatic heterocycles. The number of aromatic nitrogens is 3. The molecule has 1 aliphatic heterocycles. The Kier molecular flexibility index (Phi) is 5.43. The number of para-hydroxylation sites is 1. The molecule has 128 valence electrons. The number of carbonyl (C=O) groups excluding carboxylic acids is 1. The third-order valence-electron chi connectivity index (χ3n) is 4.16. The van der Waals surface area contributed by atoms with Crippen molar-refractivity contribution in [1.82, 2.24) is 19.9 Å². The second-order valence-electron chi connectivity index (χ2n) is 5.75. The first kappa shape index (κ1) is 16.4. The zero-order valence-corrected chi connectivity index (χ0v) is 14.0. The van der Waals surface area contributed by atoms with E-state index in [2.05, 4.69) is 44.4 Å². The summed E-state index contributed by atoms with van der Waals surface area (Å²) >= 11 is 0. The lowest BCUT2D eigenvalue weighted by atomic mass is 10.2. The van der Waals surface area contributed by atoms with Crippen molar-refractivity contribution in [3.05, 3.63) is 42.2 Å². The number of benzene rings is 1. The second kappa shape index (κ2) is 7.92. The summed E-state index contributed by atoms with van der Waals surface area (Å²) in [6.45, 7) is 7.83. The number of ether oxygens (including phenoxy) is 1. The fourth-order valence-corrected chi connectivity index (χ4v) is 2.82. The smallest absolute Gasteiger partial charge is 0.360 e. The van der Waals surface area contributed by atoms with Gasteiger partial charge >= 0.3 is 5.97 Å². The van der Waals surface area contributed by atoms with Crippen LogP contribution >= 0.6 is 0 Å². The molecule has 0 spiro atoms. The summed E-state index contributed by atoms with van der Waals surface area (Å²) in [5.74, 6) is -0.416. The first-order valence-electron chi connectivity index (χ1n) is 8.36. The van der Waals surface area contributed by atoms with Crippen molar-refractivity contribution in [3.8, 4) is 0 Å². The van der Waals surface area contributed by atoms with Crippen LogP contribution in [0.5, 0.6) is 0 Å². The molecule has 0 aliphatic carbocycles. The zero-order chi connectivity index (χ0) is 16.8. The second-order valence-corrected chi connectivity index (χ2v) is 5.75. The highest BCUT2D eigenvalue weighted by molar-refractivity contribution is 5.86. The van der Waals surface area contributed by atoms with E-state index in [1.165, 1.54) is 5.69 Å². The standard InChI is InChI=1S/C17H23N5O2/c1-2-24-17(23)16-14-22(19-18-16)13-10-20-8-11-21(12-9-20)15-6-4-3-5-7-15/h3-7,14H,2,8-13H2,1H3. The monoisotopic (exact) mass is 329 g/mol. The Labute approximate surface area is 141 Å². The predicted molar refractivity (Wildman–Crippen MR) is 91.1 cm³/mol. The summed E-state index contributed by atoms with van der Waals surface area (Å²) in [6, 6.07) is 10.5. The zero-order valence-electron chi connectivity index (χ0n) is 14.0. The van der Waals surface area contributed by atoms with E-state index in [0.29, 0.717) is 6.61 Å². The van der Waals surface area contributed by atoms with Crippen LogP contribution in [0.4, 0.5) is 5.69 Å². The molecule has 0 bridgehead atoms. The molecule has 0 amide bonds. The van der Waals surface area contributed by atoms with Crippen molar-refractivity contribution in [3.63, 3.8) is 0 Å². The first-order valence-corrected chi connectivity index (χ1v) is 8.36. The van der Waals surface area contributed by atoms with E-state index in [-0.39, 0.29) is 5.69 Å². The third kappa shape index (κ3) is 4.11. The normalized spacial score (nSPS) is 15.5. The van der Waals surface area contributed by atoms with E-state index in [9.17, 15) is 4.79 Å². The summed E-state index contributed by atoms with van der Waals surface area (Å²) in [7, 11) is 0. The minimum Gasteiger partial charge on any atom is -0.461 e. The van der Waals surface area contributed by atoms with Crippen molar-refractivity contribution < 1.29 is 9.53 Å². The molecular formula is C17H23N5O2. The maximum Gasteiger partial charge on any atom is 0.360 e. The predicted octanol–water partition coefficient (Wildman–Crippen LogP) is 1.28. The molecule has 1 aliphatic rings. The molecule has 0 N–H and O–H groups in total. The van der Waals surface area contributed by atoms with Gasteiger partial charge in [-0.25, -0.2) is 4.79 Å². The number of piperazine rings is 1. The van der Waals surface area contributed by atoms with E-state index in [4.69, 9.17) is 4.74 Å². The highest BCUT2D eigenvalue weighted by Gasteiger charge is 2.17. The summed E-state index contributed by atoms with van der Waals surface area (Å²) < 4.78 is 6.62. The third-order valence-corrected chi connectivity index (χ3v) is 4.16. The number of hydrogen-bond acceptors (Lipinski definition) is 6. The lowest BCUT2D eigenvalue weighted by molar-refractivity contribution is 0.0519. The lowest BCUT2D eigenvalue weighted by Gasteiger charge is -2.36. The van der Waals surface area contributed by atoms with Crippen LogP contribution in [0.15, 0.2) is 36.5 Å². The molecule has 2 heterocycles. The SMILES string of the molecule is CCOC(=O)c1cn(CCN2CCN(c3ccccc3)CC2)nn1. The number of nitrogens with zero attached hydrogens (tertiary/aromatic N) is 5. The Morgan fingerprint density at radius 2 is 1.88 bits per heavy atom. The van der Waals surface area contributed by atoms with Gasteiger partial charge in [0.25, 0.3) is 0 Å². The molecule has 2 aromatic rings. The van der Waals surface area contributed by atoms with Crippen LogP contribution in [-0.4, -0.2) is 65.2 Å². The summed E-state index contributed by atoms with van der Waals surface area (Å²) in [5.41, 5.74) is 1.55. The van der Waals surface area contributed by atoms with Crippen molar-refractivity contribution in [2.75, 3.05) is 44.2 Å². The molecule has 1 saturated heterocycles. The van der Waals surface area contributed by atoms with Gasteiger partial charge in [0.15, 0.2) is 5.69 Å². The van der Waals surface area contributed by atoms with Crippen LogP contribution in [0, 0.1) is 0 Å². The number of hydrogen-bond donors (Lipinski definition) is 0. The average Bonchev–Trinajstić information content (AvgIpc) is 3.11. The minimum atomic E-state index is -0.416. The van der Waals surface area contributed by atoms with Gasteiger partial charge in [0, 0.05) is 38.4 Å². The quantitative estimate of drug-likeness (QED) is 0.744. The Balaban J connectivity index is 1.44. The summed E-state index contributed by atoms with van der Waals surface area (Å²) in [6.07, 6.45) is 1.65. The van der Waals surface area contributed by atoms with Gasteiger partial charge in [-0.2, -0.15) is 0 Å². The average molecular weight is 329 g/mol. The van der Waals surface area contributed by atoms with Crippen LogP contribution in [0.2, 0.25) is 0 Å². The van der Waals surface area contributed by atoms with Gasteiger partial charge < -0.3 is 9.64 Å². The van der Waals surface area contributed by atoms with Crippen molar-refractivity contribution in [2.24, 2.45) is 0 Å². The molecule has 24 heavy (non-hydrogen) atoms. The van der Waals surface area contributed by atoms with Gasteiger partial charge in [0.2, 0.25) is 0 Å². The molecule has 0 radical (unpaired) electrons. The van der Waals surface area contributed by atoms with Crippen LogP contribution in [0.3, 0.4) is 0 Å². The fourth-order valence-electron chi connectivity index (χ4n) is 2.82. The van der Waals surface area contributed by atoms with E-state index >= 15 is 0 Å². The maximum atomic E-state index is 11.6. The Bertz CT molecular complexity index is 650. The number of carbonyl (C=O) groups is 1. The largest absolute Gasteiger partial charge is 0.461 e. The fraction of sp³-hybridized carbons (Fsp3) is 0.471. The van der Waals surface area contributed by atoms with Crippen molar-refractivity contribution >= 4 is 11.7 Å². The van der Waals surface area contributed by atoms with Gasteiger partial charge in [0.1, 0.15) is 0 Å². The molecule has 3 rings (SSSR count). The molecule has 1 fully saturated rings. The van der Waals surface area contributed by atoms with Gasteiger partial charge in [0.05, 0.1) is 19.3 Å². The topological polar surface area (TPSA) is 63.5 Å². The van der Waals surface area contributed by atoms with Gasteiger partial charge in [-0.15, -0.1) is 5.10 Å². The highest BCUT2D eigenvalue weighted by atomic mass is 16.5. The van der Waals surface area contributed by atoms with Crippen LogP contribution in [0.25, 0.3) is 0 Å². The molecule has 7 nitrogen and oxygen atoms in total. The Morgan fingerprint density at radius 3 is 2.58 bits per heavy atom. The molecule has 0 unspecified atom stereocenters. The number of anilines is 1. The molecule has 0 atom stereocenters. The van der Waals surface area contributed by atoms with Gasteiger partial charge in [-0.3, -0.25) is 9.58 Å². The Morgan fingerprint density at radius 1 is 1.12 bits per heavy atom. The number of esters is 1. The van der Waals surface area contributed by atoms with Crippen LogP contribution in [0.1, 0.15) is 17.4 Å². The van der Waals surface area contributed by atoms with E-state index in [1.807, 2.05) is 6.07 Å². The summed E-state index contributed by atoms with van der Waals surface area (Å²) in [4.78, 5) is 16.4. The van der Waals surface area contributed by atoms with E-state index in [0.717, 1.165) is 39.3 Å².